The zero-order chi connectivity index (χ0) is 15.6. The summed E-state index contributed by atoms with van der Waals surface area (Å²) in [6, 6.07) is 12.3. The van der Waals surface area contributed by atoms with Gasteiger partial charge in [0, 0.05) is 22.5 Å². The minimum Gasteiger partial charge on any atom is -0.398 e. The molecular formula is C14H14Br2N2O2S. The molecular weight excluding hydrogens is 420 g/mol. The molecule has 0 spiro atoms. The highest BCUT2D eigenvalue weighted by Crippen LogP contribution is 2.26. The van der Waals surface area contributed by atoms with Crippen LogP contribution < -0.4 is 5.73 Å². The van der Waals surface area contributed by atoms with Crippen molar-refractivity contribution in [3.05, 3.63) is 57.0 Å². The molecule has 0 aliphatic rings. The first kappa shape index (κ1) is 16.5. The minimum absolute atomic E-state index is 0.114. The topological polar surface area (TPSA) is 63.4 Å². The molecule has 0 aliphatic carbocycles. The number of rotatable bonds is 4. The second-order valence-electron chi connectivity index (χ2n) is 4.57. The van der Waals surface area contributed by atoms with Crippen LogP contribution in [0.25, 0.3) is 0 Å². The fourth-order valence-electron chi connectivity index (χ4n) is 1.90. The largest absolute Gasteiger partial charge is 0.398 e. The van der Waals surface area contributed by atoms with Gasteiger partial charge in [0.2, 0.25) is 10.0 Å². The van der Waals surface area contributed by atoms with E-state index in [2.05, 4.69) is 31.9 Å². The smallest absolute Gasteiger partial charge is 0.245 e. The maximum absolute atomic E-state index is 12.6. The van der Waals surface area contributed by atoms with Gasteiger partial charge in [-0.05, 0) is 35.9 Å². The molecule has 0 aliphatic heterocycles. The number of sulfonamides is 1. The summed E-state index contributed by atoms with van der Waals surface area (Å²) in [5.41, 5.74) is 6.94. The molecule has 2 N–H and O–H groups in total. The van der Waals surface area contributed by atoms with Crippen molar-refractivity contribution in [2.75, 3.05) is 12.8 Å². The predicted molar refractivity (Wildman–Crippen MR) is 91.3 cm³/mol. The van der Waals surface area contributed by atoms with Gasteiger partial charge in [0.05, 0.1) is 5.69 Å². The van der Waals surface area contributed by atoms with Crippen molar-refractivity contribution in [2.24, 2.45) is 0 Å². The van der Waals surface area contributed by atoms with Crippen molar-refractivity contribution in [1.82, 2.24) is 4.31 Å². The average molecular weight is 434 g/mol. The molecule has 21 heavy (non-hydrogen) atoms. The van der Waals surface area contributed by atoms with E-state index in [-0.39, 0.29) is 17.1 Å². The quantitative estimate of drug-likeness (QED) is 0.749. The summed E-state index contributed by atoms with van der Waals surface area (Å²) in [6.07, 6.45) is 0. The van der Waals surface area contributed by atoms with Crippen LogP contribution in [-0.4, -0.2) is 19.8 Å². The molecule has 0 aromatic heterocycles. The predicted octanol–water partition coefficient (Wildman–Crippen LogP) is 3.61. The number of nitrogen functional groups attached to an aromatic ring is 1. The highest BCUT2D eigenvalue weighted by Gasteiger charge is 2.23. The Bertz CT molecular complexity index is 763. The lowest BCUT2D eigenvalue weighted by Crippen LogP contribution is -2.27. The summed E-state index contributed by atoms with van der Waals surface area (Å²) < 4.78 is 28.1. The molecule has 0 saturated carbocycles. The molecule has 2 rings (SSSR count). The third-order valence-electron chi connectivity index (χ3n) is 2.95. The zero-order valence-corrected chi connectivity index (χ0v) is 15.2. The first-order valence-electron chi connectivity index (χ1n) is 6.06. The number of hydrogen-bond acceptors (Lipinski definition) is 3. The van der Waals surface area contributed by atoms with Gasteiger partial charge in [-0.1, -0.05) is 44.0 Å². The lowest BCUT2D eigenvalue weighted by molar-refractivity contribution is 0.467. The van der Waals surface area contributed by atoms with E-state index in [1.807, 2.05) is 24.3 Å². The Balaban J connectivity index is 2.30. The maximum Gasteiger partial charge on any atom is 0.245 e. The Kier molecular flexibility index (Phi) is 5.08. The summed E-state index contributed by atoms with van der Waals surface area (Å²) in [6.45, 7) is 0.275. The third-order valence-corrected chi connectivity index (χ3v) is 5.82. The van der Waals surface area contributed by atoms with Crippen LogP contribution in [0, 0.1) is 0 Å². The Labute approximate surface area is 141 Å². The Morgan fingerprint density at radius 1 is 1.10 bits per heavy atom. The first-order chi connectivity index (χ1) is 9.80. The monoisotopic (exact) mass is 432 g/mol. The van der Waals surface area contributed by atoms with Gasteiger partial charge < -0.3 is 5.73 Å². The van der Waals surface area contributed by atoms with Gasteiger partial charge in [-0.3, -0.25) is 0 Å². The molecule has 0 saturated heterocycles. The Morgan fingerprint density at radius 3 is 2.38 bits per heavy atom. The van der Waals surface area contributed by atoms with Gasteiger partial charge in [0.15, 0.2) is 0 Å². The van der Waals surface area contributed by atoms with Crippen molar-refractivity contribution in [3.8, 4) is 0 Å². The van der Waals surface area contributed by atoms with Crippen molar-refractivity contribution < 1.29 is 8.42 Å². The molecule has 0 fully saturated rings. The first-order valence-corrected chi connectivity index (χ1v) is 9.09. The number of anilines is 1. The van der Waals surface area contributed by atoms with Crippen LogP contribution in [0.1, 0.15) is 5.56 Å². The highest BCUT2D eigenvalue weighted by atomic mass is 79.9. The van der Waals surface area contributed by atoms with Gasteiger partial charge >= 0.3 is 0 Å². The van der Waals surface area contributed by atoms with Crippen LogP contribution in [0.2, 0.25) is 0 Å². The molecule has 112 valence electrons. The lowest BCUT2D eigenvalue weighted by Gasteiger charge is -2.18. The van der Waals surface area contributed by atoms with Crippen molar-refractivity contribution in [1.29, 1.82) is 0 Å². The van der Waals surface area contributed by atoms with Crippen LogP contribution in [-0.2, 0) is 16.6 Å². The van der Waals surface area contributed by atoms with Crippen molar-refractivity contribution in [3.63, 3.8) is 0 Å². The summed E-state index contributed by atoms with van der Waals surface area (Å²) in [5.74, 6) is 0. The molecule has 7 heteroatoms. The zero-order valence-electron chi connectivity index (χ0n) is 11.3. The summed E-state index contributed by atoms with van der Waals surface area (Å²) in [4.78, 5) is 0.114. The average Bonchev–Trinajstić information content (AvgIpc) is 2.38. The van der Waals surface area contributed by atoms with Crippen molar-refractivity contribution >= 4 is 47.6 Å². The van der Waals surface area contributed by atoms with Crippen LogP contribution in [0.15, 0.2) is 56.3 Å². The van der Waals surface area contributed by atoms with Crippen LogP contribution in [0.4, 0.5) is 5.69 Å². The molecule has 0 amide bonds. The van der Waals surface area contributed by atoms with Crippen molar-refractivity contribution in [2.45, 2.75) is 11.4 Å². The van der Waals surface area contributed by atoms with E-state index in [0.29, 0.717) is 0 Å². The Morgan fingerprint density at radius 2 is 1.76 bits per heavy atom. The van der Waals surface area contributed by atoms with Crippen LogP contribution >= 0.6 is 31.9 Å². The standard InChI is InChI=1S/C14H14Br2N2O2S/c1-18(9-10-3-2-4-11(15)7-10)21(19,20)14-6-5-12(16)8-13(14)17/h2-8H,9,17H2,1H3. The Hall–Kier alpha value is -0.890. The fraction of sp³-hybridized carbons (Fsp3) is 0.143. The minimum atomic E-state index is -3.63. The summed E-state index contributed by atoms with van der Waals surface area (Å²) >= 11 is 6.64. The molecule has 0 bridgehead atoms. The molecule has 2 aromatic carbocycles. The SMILES string of the molecule is CN(Cc1cccc(Br)c1)S(=O)(=O)c1ccc(Br)cc1N. The van der Waals surface area contributed by atoms with Gasteiger partial charge in [0.25, 0.3) is 0 Å². The highest BCUT2D eigenvalue weighted by molar-refractivity contribution is 9.10. The van der Waals surface area contributed by atoms with Gasteiger partial charge in [-0.2, -0.15) is 4.31 Å². The fourth-order valence-corrected chi connectivity index (χ4v) is 3.98. The number of nitrogens with zero attached hydrogens (tertiary/aromatic N) is 1. The van der Waals surface area contributed by atoms with E-state index < -0.39 is 10.0 Å². The van der Waals surface area contributed by atoms with Gasteiger partial charge in [0.1, 0.15) is 4.90 Å². The molecule has 0 unspecified atom stereocenters. The number of benzene rings is 2. The third kappa shape index (κ3) is 3.85. The second kappa shape index (κ2) is 6.48. The van der Waals surface area contributed by atoms with E-state index in [9.17, 15) is 8.42 Å². The second-order valence-corrected chi connectivity index (χ2v) is 8.42. The number of halogens is 2. The van der Waals surface area contributed by atoms with Crippen LogP contribution in [0.5, 0.6) is 0 Å². The normalized spacial score (nSPS) is 11.8. The van der Waals surface area contributed by atoms with E-state index in [1.165, 1.54) is 17.4 Å². The molecule has 2 aromatic rings. The number of nitrogens with two attached hydrogens (primary N) is 1. The van der Waals surface area contributed by atoms with E-state index >= 15 is 0 Å². The summed E-state index contributed by atoms with van der Waals surface area (Å²) in [5, 5.41) is 0. The summed E-state index contributed by atoms with van der Waals surface area (Å²) in [7, 11) is -2.09. The van der Waals surface area contributed by atoms with Gasteiger partial charge in [-0.25, -0.2) is 8.42 Å². The molecule has 0 radical (unpaired) electrons. The van der Waals surface area contributed by atoms with Crippen LogP contribution in [0.3, 0.4) is 0 Å². The van der Waals surface area contributed by atoms with E-state index in [1.54, 1.807) is 12.1 Å². The van der Waals surface area contributed by atoms with E-state index in [4.69, 9.17) is 5.73 Å². The number of hydrogen-bond donors (Lipinski definition) is 1. The molecule has 0 heterocycles. The van der Waals surface area contributed by atoms with Gasteiger partial charge in [-0.15, -0.1) is 0 Å². The molecule has 0 atom stereocenters. The lowest BCUT2D eigenvalue weighted by atomic mass is 10.2. The van der Waals surface area contributed by atoms with E-state index in [0.717, 1.165) is 14.5 Å². The molecule has 4 nitrogen and oxygen atoms in total. The maximum atomic E-state index is 12.6.